The van der Waals surface area contributed by atoms with Crippen molar-refractivity contribution < 1.29 is 14.6 Å². The lowest BCUT2D eigenvalue weighted by atomic mass is 9.99. The molecule has 0 radical (unpaired) electrons. The standard InChI is InChI=1S/C26H33N3O3/c1-26(2,3)32-25(31)29(14-6-13-28(4)5)18-19-7-8-21-16-27-17-24(23(21)15-19)20-9-11-22(30)12-10-20/h7-12,15-17,30H,6,13-14,18H2,1-5H3. The van der Waals surface area contributed by atoms with Gasteiger partial charge in [0.05, 0.1) is 0 Å². The summed E-state index contributed by atoms with van der Waals surface area (Å²) in [4.78, 5) is 21.1. The number of hydrogen-bond donors (Lipinski definition) is 1. The molecule has 1 N–H and O–H groups in total. The molecule has 3 rings (SSSR count). The SMILES string of the molecule is CN(C)CCCN(Cc1ccc2cncc(-c3ccc(O)cc3)c2c1)C(=O)OC(C)(C)C. The third kappa shape index (κ3) is 6.44. The minimum absolute atomic E-state index is 0.230. The number of benzene rings is 2. The molecular weight excluding hydrogens is 402 g/mol. The maximum absolute atomic E-state index is 12.9. The number of aromatic hydroxyl groups is 1. The fourth-order valence-corrected chi connectivity index (χ4v) is 3.54. The van der Waals surface area contributed by atoms with E-state index >= 15 is 0 Å². The first kappa shape index (κ1) is 23.5. The summed E-state index contributed by atoms with van der Waals surface area (Å²) in [6.45, 7) is 7.64. The highest BCUT2D eigenvalue weighted by molar-refractivity contribution is 5.96. The maximum atomic E-state index is 12.9. The smallest absolute Gasteiger partial charge is 0.410 e. The lowest BCUT2D eigenvalue weighted by molar-refractivity contribution is 0.0228. The molecule has 0 saturated heterocycles. The van der Waals surface area contributed by atoms with Crippen LogP contribution in [0.3, 0.4) is 0 Å². The number of pyridine rings is 1. The summed E-state index contributed by atoms with van der Waals surface area (Å²) < 4.78 is 5.66. The summed E-state index contributed by atoms with van der Waals surface area (Å²) in [7, 11) is 4.06. The number of aromatic nitrogens is 1. The molecule has 0 unspecified atom stereocenters. The van der Waals surface area contributed by atoms with Crippen molar-refractivity contribution in [3.63, 3.8) is 0 Å². The van der Waals surface area contributed by atoms with E-state index in [9.17, 15) is 9.90 Å². The van der Waals surface area contributed by atoms with Crippen molar-refractivity contribution in [2.45, 2.75) is 39.3 Å². The summed E-state index contributed by atoms with van der Waals surface area (Å²) in [5, 5.41) is 11.7. The molecule has 0 aliphatic rings. The van der Waals surface area contributed by atoms with E-state index in [2.05, 4.69) is 16.0 Å². The first-order valence-corrected chi connectivity index (χ1v) is 10.9. The van der Waals surface area contributed by atoms with E-state index in [4.69, 9.17) is 4.74 Å². The molecule has 0 saturated carbocycles. The van der Waals surface area contributed by atoms with E-state index in [1.807, 2.05) is 71.5 Å². The second-order valence-corrected chi connectivity index (χ2v) is 9.35. The van der Waals surface area contributed by atoms with Gasteiger partial charge in [0.15, 0.2) is 0 Å². The molecule has 32 heavy (non-hydrogen) atoms. The number of phenols is 1. The second kappa shape index (κ2) is 10.0. The Morgan fingerprint density at radius 1 is 1.03 bits per heavy atom. The first-order valence-electron chi connectivity index (χ1n) is 10.9. The zero-order valence-corrected chi connectivity index (χ0v) is 19.6. The van der Waals surface area contributed by atoms with Crippen LogP contribution in [0.2, 0.25) is 0 Å². The summed E-state index contributed by atoms with van der Waals surface area (Å²) in [6.07, 6.45) is 4.24. The number of ether oxygens (including phenoxy) is 1. The molecule has 1 heterocycles. The minimum Gasteiger partial charge on any atom is -0.508 e. The van der Waals surface area contributed by atoms with Gasteiger partial charge in [0, 0.05) is 36.4 Å². The van der Waals surface area contributed by atoms with Gasteiger partial charge in [0.1, 0.15) is 11.4 Å². The molecule has 0 aliphatic heterocycles. The number of carbonyl (C=O) groups is 1. The second-order valence-electron chi connectivity index (χ2n) is 9.35. The van der Waals surface area contributed by atoms with Crippen molar-refractivity contribution in [2.75, 3.05) is 27.2 Å². The van der Waals surface area contributed by atoms with Crippen molar-refractivity contribution in [3.05, 3.63) is 60.4 Å². The van der Waals surface area contributed by atoms with E-state index < -0.39 is 5.60 Å². The van der Waals surface area contributed by atoms with E-state index in [-0.39, 0.29) is 11.8 Å². The van der Waals surface area contributed by atoms with E-state index in [1.165, 1.54) is 0 Å². The molecule has 3 aromatic rings. The number of carbonyl (C=O) groups excluding carboxylic acids is 1. The van der Waals surface area contributed by atoms with Crippen LogP contribution in [0.15, 0.2) is 54.9 Å². The Morgan fingerprint density at radius 3 is 2.41 bits per heavy atom. The first-order chi connectivity index (χ1) is 15.1. The maximum Gasteiger partial charge on any atom is 0.410 e. The Morgan fingerprint density at radius 2 is 1.75 bits per heavy atom. The third-order valence-corrected chi connectivity index (χ3v) is 5.06. The molecular formula is C26H33N3O3. The van der Waals surface area contributed by atoms with Gasteiger partial charge in [0.25, 0.3) is 0 Å². The Hall–Kier alpha value is -3.12. The lowest BCUT2D eigenvalue weighted by Gasteiger charge is -2.28. The molecule has 0 fully saturated rings. The van der Waals surface area contributed by atoms with Crippen LogP contribution in [-0.4, -0.2) is 58.8 Å². The molecule has 1 amide bonds. The summed E-state index contributed by atoms with van der Waals surface area (Å²) in [5.74, 6) is 0.230. The van der Waals surface area contributed by atoms with Crippen LogP contribution in [0.5, 0.6) is 5.75 Å². The quantitative estimate of drug-likeness (QED) is 0.546. The van der Waals surface area contributed by atoms with E-state index in [0.717, 1.165) is 40.4 Å². The van der Waals surface area contributed by atoms with Crippen LogP contribution < -0.4 is 0 Å². The van der Waals surface area contributed by atoms with Crippen LogP contribution in [0, 0.1) is 0 Å². The van der Waals surface area contributed by atoms with Gasteiger partial charge in [-0.15, -0.1) is 0 Å². The molecule has 0 atom stereocenters. The molecule has 6 nitrogen and oxygen atoms in total. The molecule has 6 heteroatoms. The summed E-state index contributed by atoms with van der Waals surface area (Å²) >= 11 is 0. The summed E-state index contributed by atoms with van der Waals surface area (Å²) in [5.41, 5.74) is 2.45. The molecule has 1 aromatic heterocycles. The fraction of sp³-hybridized carbons (Fsp3) is 0.385. The largest absolute Gasteiger partial charge is 0.508 e. The molecule has 170 valence electrons. The van der Waals surface area contributed by atoms with Crippen LogP contribution in [0.1, 0.15) is 32.8 Å². The van der Waals surface area contributed by atoms with Gasteiger partial charge >= 0.3 is 6.09 Å². The zero-order chi connectivity index (χ0) is 23.3. The number of rotatable bonds is 7. The average molecular weight is 436 g/mol. The fourth-order valence-electron chi connectivity index (χ4n) is 3.54. The average Bonchev–Trinajstić information content (AvgIpc) is 2.71. The highest BCUT2D eigenvalue weighted by Gasteiger charge is 2.22. The molecule has 0 spiro atoms. The van der Waals surface area contributed by atoms with Gasteiger partial charge < -0.3 is 19.6 Å². The molecule has 0 bridgehead atoms. The van der Waals surface area contributed by atoms with Gasteiger partial charge in [-0.3, -0.25) is 4.98 Å². The van der Waals surface area contributed by atoms with Crippen molar-refractivity contribution in [1.82, 2.24) is 14.8 Å². The van der Waals surface area contributed by atoms with E-state index in [0.29, 0.717) is 13.1 Å². The van der Waals surface area contributed by atoms with Gasteiger partial charge in [-0.1, -0.05) is 24.3 Å². The predicted octanol–water partition coefficient (Wildman–Crippen LogP) is 5.30. The van der Waals surface area contributed by atoms with Crippen molar-refractivity contribution in [2.24, 2.45) is 0 Å². The van der Waals surface area contributed by atoms with Crippen molar-refractivity contribution >= 4 is 16.9 Å². The molecule has 0 aliphatic carbocycles. The zero-order valence-electron chi connectivity index (χ0n) is 19.6. The van der Waals surface area contributed by atoms with Gasteiger partial charge in [0.2, 0.25) is 0 Å². The highest BCUT2D eigenvalue weighted by Crippen LogP contribution is 2.30. The number of hydrogen-bond acceptors (Lipinski definition) is 5. The molecule has 2 aromatic carbocycles. The third-order valence-electron chi connectivity index (χ3n) is 5.06. The Bertz CT molecular complexity index is 1060. The van der Waals surface area contributed by atoms with Crippen LogP contribution in [-0.2, 0) is 11.3 Å². The highest BCUT2D eigenvalue weighted by atomic mass is 16.6. The van der Waals surface area contributed by atoms with Crippen molar-refractivity contribution in [1.29, 1.82) is 0 Å². The summed E-state index contributed by atoms with van der Waals surface area (Å²) in [6, 6.07) is 13.3. The van der Waals surface area contributed by atoms with E-state index in [1.54, 1.807) is 17.0 Å². The number of amides is 1. The monoisotopic (exact) mass is 435 g/mol. The predicted molar refractivity (Wildman–Crippen MR) is 129 cm³/mol. The van der Waals surface area contributed by atoms with Gasteiger partial charge in [-0.2, -0.15) is 0 Å². The topological polar surface area (TPSA) is 65.9 Å². The Labute approximate surface area is 190 Å². The van der Waals surface area contributed by atoms with Crippen LogP contribution in [0.25, 0.3) is 21.9 Å². The number of fused-ring (bicyclic) bond motifs is 1. The van der Waals surface area contributed by atoms with Gasteiger partial charge in [-0.05, 0) is 82.5 Å². The number of nitrogens with zero attached hydrogens (tertiary/aromatic N) is 3. The van der Waals surface area contributed by atoms with Crippen molar-refractivity contribution in [3.8, 4) is 16.9 Å². The normalized spacial score (nSPS) is 11.7. The number of phenolic OH excluding ortho intramolecular Hbond substituents is 1. The Kier molecular flexibility index (Phi) is 7.36. The van der Waals surface area contributed by atoms with Crippen LogP contribution in [0.4, 0.5) is 4.79 Å². The minimum atomic E-state index is -0.544. The van der Waals surface area contributed by atoms with Crippen LogP contribution >= 0.6 is 0 Å². The van der Waals surface area contributed by atoms with Gasteiger partial charge in [-0.25, -0.2) is 4.79 Å². The lowest BCUT2D eigenvalue weighted by Crippen LogP contribution is -2.37. The Balaban J connectivity index is 1.90.